The van der Waals surface area contributed by atoms with Crippen molar-refractivity contribution >= 4 is 11.8 Å². The number of hydrogen-bond acceptors (Lipinski definition) is 9. The number of hydrogen-bond donors (Lipinski definition) is 7. The summed E-state index contributed by atoms with van der Waals surface area (Å²) < 4.78 is 19.3. The highest BCUT2D eigenvalue weighted by Crippen LogP contribution is 2.41. The number of Topliss-reactive ketones (excluding diaryl/α,β-unsaturated/α-hetero) is 1. The molecule has 0 aromatic rings. The Hall–Kier alpha value is -1.21. The Morgan fingerprint density at radius 2 is 1.91 bits per heavy atom. The molecule has 0 aromatic heterocycles. The number of carbonyl (C=O) groups is 2. The van der Waals surface area contributed by atoms with Crippen molar-refractivity contribution in [3.05, 3.63) is 0 Å². The first-order valence-corrected chi connectivity index (χ1v) is 6.19. The molecule has 1 heterocycles. The van der Waals surface area contributed by atoms with Gasteiger partial charge in [-0.1, -0.05) is 0 Å². The molecule has 1 saturated heterocycles. The van der Waals surface area contributed by atoms with Crippen molar-refractivity contribution in [2.24, 2.45) is 5.73 Å². The van der Waals surface area contributed by atoms with E-state index in [9.17, 15) is 34.4 Å². The molecule has 0 radical (unpaired) electrons. The average molecular weight is 327 g/mol. The number of aliphatic carboxylic acids is 1. The van der Waals surface area contributed by atoms with Gasteiger partial charge in [0.15, 0.2) is 5.78 Å². The standard InChI is InChI=1S/C11H18FNO9/c1-3(15)10(12)8(18)5(13)7(6(17)4(16)2-14)22-11(10,21)9(19)20/h4-8,14,16-18,21H,2,13H2,1H3,(H,19,20)/t4-,5+,6-,7-,8-,10?,11?/m1/s1. The van der Waals surface area contributed by atoms with E-state index in [-0.39, 0.29) is 0 Å². The van der Waals surface area contributed by atoms with E-state index in [0.717, 1.165) is 0 Å². The summed E-state index contributed by atoms with van der Waals surface area (Å²) in [6.07, 6.45) is -8.45. The van der Waals surface area contributed by atoms with E-state index in [1.165, 1.54) is 0 Å². The van der Waals surface area contributed by atoms with Gasteiger partial charge < -0.3 is 41.1 Å². The first-order valence-electron chi connectivity index (χ1n) is 6.19. The summed E-state index contributed by atoms with van der Waals surface area (Å²) in [6.45, 7) is -0.407. The van der Waals surface area contributed by atoms with Crippen LogP contribution in [0.1, 0.15) is 6.92 Å². The Morgan fingerprint density at radius 1 is 1.41 bits per heavy atom. The van der Waals surface area contributed by atoms with Crippen molar-refractivity contribution in [3.63, 3.8) is 0 Å². The van der Waals surface area contributed by atoms with Crippen molar-refractivity contribution in [2.45, 2.75) is 48.8 Å². The number of rotatable bonds is 5. The van der Waals surface area contributed by atoms with Crippen LogP contribution in [0.2, 0.25) is 0 Å². The zero-order valence-corrected chi connectivity index (χ0v) is 11.5. The average Bonchev–Trinajstić information content (AvgIpc) is 2.46. The fraction of sp³-hybridized carbons (Fsp3) is 0.818. The highest BCUT2D eigenvalue weighted by atomic mass is 19.1. The number of nitrogens with two attached hydrogens (primary N) is 1. The summed E-state index contributed by atoms with van der Waals surface area (Å²) in [5, 5.41) is 56.5. The summed E-state index contributed by atoms with van der Waals surface area (Å²) >= 11 is 0. The van der Waals surface area contributed by atoms with Crippen molar-refractivity contribution in [1.82, 2.24) is 0 Å². The summed E-state index contributed by atoms with van der Waals surface area (Å²) in [7, 11) is 0. The quantitative estimate of drug-likeness (QED) is 0.261. The van der Waals surface area contributed by atoms with Gasteiger partial charge >= 0.3 is 11.8 Å². The zero-order chi connectivity index (χ0) is 17.5. The molecule has 11 heteroatoms. The van der Waals surface area contributed by atoms with Gasteiger partial charge in [-0.25, -0.2) is 9.18 Å². The molecule has 10 nitrogen and oxygen atoms in total. The summed E-state index contributed by atoms with van der Waals surface area (Å²) in [5.41, 5.74) is 1.63. The van der Waals surface area contributed by atoms with Gasteiger partial charge in [0.1, 0.15) is 24.4 Å². The maximum Gasteiger partial charge on any atom is 0.368 e. The van der Waals surface area contributed by atoms with Crippen LogP contribution in [0.4, 0.5) is 4.39 Å². The number of ether oxygens (including phenoxy) is 1. The SMILES string of the molecule is CC(=O)C1(F)[C@H](O)[C@@H](N)[C@H]([C@H](O)[C@H](O)CO)OC1(O)C(=O)O. The molecule has 7 atom stereocenters. The lowest BCUT2D eigenvalue weighted by Crippen LogP contribution is -2.79. The molecule has 1 aliphatic heterocycles. The first-order chi connectivity index (χ1) is 9.95. The summed E-state index contributed by atoms with van der Waals surface area (Å²) in [4.78, 5) is 22.6. The molecule has 22 heavy (non-hydrogen) atoms. The normalized spacial score (nSPS) is 41.7. The minimum absolute atomic E-state index is 0.576. The van der Waals surface area contributed by atoms with E-state index in [4.69, 9.17) is 15.9 Å². The Bertz CT molecular complexity index is 463. The predicted octanol–water partition coefficient (Wildman–Crippen LogP) is -4.14. The molecule has 1 aliphatic rings. The fourth-order valence-corrected chi connectivity index (χ4v) is 2.28. The van der Waals surface area contributed by atoms with Crippen molar-refractivity contribution < 1.29 is 49.4 Å². The predicted molar refractivity (Wildman–Crippen MR) is 65.1 cm³/mol. The van der Waals surface area contributed by atoms with Crippen LogP contribution in [0.5, 0.6) is 0 Å². The molecule has 8 N–H and O–H groups in total. The van der Waals surface area contributed by atoms with Crippen molar-refractivity contribution in [2.75, 3.05) is 6.61 Å². The van der Waals surface area contributed by atoms with Gasteiger partial charge in [-0.3, -0.25) is 4.79 Å². The van der Waals surface area contributed by atoms with Crippen LogP contribution in [-0.2, 0) is 14.3 Å². The maximum absolute atomic E-state index is 14.7. The van der Waals surface area contributed by atoms with Crippen LogP contribution in [0.15, 0.2) is 0 Å². The molecule has 0 amide bonds. The highest BCUT2D eigenvalue weighted by molar-refractivity contribution is 5.94. The molecule has 0 aromatic carbocycles. The summed E-state index contributed by atoms with van der Waals surface area (Å²) in [6, 6.07) is -1.87. The van der Waals surface area contributed by atoms with E-state index in [2.05, 4.69) is 4.74 Å². The second kappa shape index (κ2) is 6.12. The molecule has 0 bridgehead atoms. The highest BCUT2D eigenvalue weighted by Gasteiger charge is 2.72. The zero-order valence-electron chi connectivity index (χ0n) is 11.5. The Morgan fingerprint density at radius 3 is 2.27 bits per heavy atom. The smallest absolute Gasteiger partial charge is 0.368 e. The Labute approximate surface area is 123 Å². The van der Waals surface area contributed by atoms with E-state index in [0.29, 0.717) is 6.92 Å². The van der Waals surface area contributed by atoms with Gasteiger partial charge in [-0.2, -0.15) is 0 Å². The van der Waals surface area contributed by atoms with Gasteiger partial charge in [0.25, 0.3) is 5.67 Å². The molecule has 0 aliphatic carbocycles. The van der Waals surface area contributed by atoms with Gasteiger partial charge in [0, 0.05) is 0 Å². The van der Waals surface area contributed by atoms with Gasteiger partial charge in [0.2, 0.25) is 0 Å². The lowest BCUT2D eigenvalue weighted by molar-refractivity contribution is -0.339. The van der Waals surface area contributed by atoms with Gasteiger partial charge in [0.05, 0.1) is 12.6 Å². The van der Waals surface area contributed by atoms with Crippen LogP contribution in [0.3, 0.4) is 0 Å². The monoisotopic (exact) mass is 327 g/mol. The topological polar surface area (TPSA) is 191 Å². The third-order valence-corrected chi connectivity index (χ3v) is 3.67. The van der Waals surface area contributed by atoms with Crippen molar-refractivity contribution in [1.29, 1.82) is 0 Å². The number of ketones is 1. The number of alkyl halides is 1. The Kier molecular flexibility index (Phi) is 5.24. The minimum Gasteiger partial charge on any atom is -0.477 e. The number of carbonyl (C=O) groups excluding carboxylic acids is 1. The van der Waals surface area contributed by atoms with Crippen LogP contribution < -0.4 is 5.73 Å². The lowest BCUT2D eigenvalue weighted by Gasteiger charge is -2.49. The molecule has 2 unspecified atom stereocenters. The van der Waals surface area contributed by atoms with Crippen LogP contribution >= 0.6 is 0 Å². The molecule has 128 valence electrons. The number of aliphatic hydroxyl groups is 5. The molecule has 1 rings (SSSR count). The van der Waals surface area contributed by atoms with E-state index < -0.39 is 60.3 Å². The maximum atomic E-state index is 14.7. The fourth-order valence-electron chi connectivity index (χ4n) is 2.28. The van der Waals surface area contributed by atoms with Crippen LogP contribution in [-0.4, -0.2) is 90.9 Å². The lowest BCUT2D eigenvalue weighted by atomic mass is 9.76. The van der Waals surface area contributed by atoms with Gasteiger partial charge in [-0.15, -0.1) is 0 Å². The van der Waals surface area contributed by atoms with E-state index in [1.807, 2.05) is 0 Å². The van der Waals surface area contributed by atoms with Crippen LogP contribution in [0, 0.1) is 0 Å². The van der Waals surface area contributed by atoms with Gasteiger partial charge in [-0.05, 0) is 6.92 Å². The third-order valence-electron chi connectivity index (χ3n) is 3.67. The second-order valence-electron chi connectivity index (χ2n) is 5.06. The first kappa shape index (κ1) is 18.8. The van der Waals surface area contributed by atoms with Crippen molar-refractivity contribution in [3.8, 4) is 0 Å². The third kappa shape index (κ3) is 2.50. The largest absolute Gasteiger partial charge is 0.477 e. The number of aliphatic hydroxyl groups excluding tert-OH is 4. The molecular formula is C11H18FNO9. The second-order valence-corrected chi connectivity index (χ2v) is 5.06. The summed E-state index contributed by atoms with van der Waals surface area (Å²) in [5.74, 6) is -7.74. The van der Waals surface area contributed by atoms with E-state index >= 15 is 0 Å². The minimum atomic E-state index is -3.84. The Balaban J connectivity index is 3.35. The van der Waals surface area contributed by atoms with Crippen LogP contribution in [0.25, 0.3) is 0 Å². The molecule has 0 spiro atoms. The van der Waals surface area contributed by atoms with E-state index in [1.54, 1.807) is 0 Å². The number of halogens is 1. The molecule has 0 saturated carbocycles. The number of carboxylic acids is 1. The number of carboxylic acid groups (broad SMARTS) is 1. The molecular weight excluding hydrogens is 309 g/mol. The molecule has 1 fully saturated rings.